The van der Waals surface area contributed by atoms with Crippen LogP contribution in [0.25, 0.3) is 0 Å². The van der Waals surface area contributed by atoms with E-state index in [-0.39, 0.29) is 11.4 Å². The highest BCUT2D eigenvalue weighted by atomic mass is 16.5. The number of nitriles is 1. The number of carbonyl (C=O) groups excluding carboxylic acids is 1. The minimum atomic E-state index is -0.291. The predicted molar refractivity (Wildman–Crippen MR) is 79.5 cm³/mol. The molecule has 0 aromatic carbocycles. The Morgan fingerprint density at radius 3 is 2.62 bits per heavy atom. The average Bonchev–Trinajstić information content (AvgIpc) is 2.46. The number of hydrogen-bond acceptors (Lipinski definition) is 5. The fraction of sp³-hybridized carbons (Fsp3) is 0.867. The van der Waals surface area contributed by atoms with Gasteiger partial charge < -0.3 is 15.4 Å². The van der Waals surface area contributed by atoms with E-state index in [0.29, 0.717) is 25.9 Å². The Balaban J connectivity index is 1.80. The first-order chi connectivity index (χ1) is 10.1. The molecular formula is C15H26N4O2. The van der Waals surface area contributed by atoms with Gasteiger partial charge in [-0.25, -0.2) is 0 Å². The zero-order valence-electron chi connectivity index (χ0n) is 12.7. The Hall–Kier alpha value is -1.16. The van der Waals surface area contributed by atoms with Crippen molar-refractivity contribution in [2.75, 3.05) is 45.9 Å². The second-order valence-electron chi connectivity index (χ2n) is 6.14. The smallest absolute Gasteiger partial charge is 0.224 e. The van der Waals surface area contributed by atoms with Crippen molar-refractivity contribution in [2.45, 2.75) is 37.6 Å². The maximum atomic E-state index is 12.4. The maximum Gasteiger partial charge on any atom is 0.224 e. The molecule has 1 aliphatic heterocycles. The van der Waals surface area contributed by atoms with Gasteiger partial charge in [0, 0.05) is 44.7 Å². The summed E-state index contributed by atoms with van der Waals surface area (Å²) in [6.07, 6.45) is 3.80. The van der Waals surface area contributed by atoms with Crippen LogP contribution in [0.15, 0.2) is 0 Å². The molecule has 0 aromatic heterocycles. The molecule has 0 bridgehead atoms. The van der Waals surface area contributed by atoms with Crippen molar-refractivity contribution in [3.63, 3.8) is 0 Å². The summed E-state index contributed by atoms with van der Waals surface area (Å²) in [5.74, 6) is 0.0979. The van der Waals surface area contributed by atoms with Crippen molar-refractivity contribution < 1.29 is 9.53 Å². The summed E-state index contributed by atoms with van der Waals surface area (Å²) in [5, 5.41) is 8.76. The molecule has 2 N–H and O–H groups in total. The zero-order chi connectivity index (χ0) is 15.1. The minimum Gasteiger partial charge on any atom is -0.379 e. The number of nitrogens with zero attached hydrogens (tertiary/aromatic N) is 3. The monoisotopic (exact) mass is 294 g/mol. The largest absolute Gasteiger partial charge is 0.379 e. The first kappa shape index (κ1) is 16.2. The Labute approximate surface area is 126 Å². The van der Waals surface area contributed by atoms with Gasteiger partial charge in [0.15, 0.2) is 0 Å². The molecule has 1 heterocycles. The van der Waals surface area contributed by atoms with E-state index in [2.05, 4.69) is 11.0 Å². The summed E-state index contributed by atoms with van der Waals surface area (Å²) in [4.78, 5) is 16.5. The molecule has 0 radical (unpaired) electrons. The third kappa shape index (κ3) is 4.95. The molecule has 0 unspecified atom stereocenters. The van der Waals surface area contributed by atoms with Crippen molar-refractivity contribution in [3.05, 3.63) is 0 Å². The van der Waals surface area contributed by atoms with Gasteiger partial charge in [-0.2, -0.15) is 5.26 Å². The van der Waals surface area contributed by atoms with Gasteiger partial charge in [0.05, 0.1) is 25.7 Å². The Morgan fingerprint density at radius 2 is 2.05 bits per heavy atom. The number of ether oxygens (including phenoxy) is 1. The molecule has 1 amide bonds. The van der Waals surface area contributed by atoms with E-state index in [9.17, 15) is 4.79 Å². The Bertz CT molecular complexity index is 384. The minimum absolute atomic E-state index is 0.0979. The lowest BCUT2D eigenvalue weighted by Crippen LogP contribution is -2.51. The van der Waals surface area contributed by atoms with Crippen LogP contribution in [0.2, 0.25) is 0 Å². The number of carbonyl (C=O) groups is 1. The van der Waals surface area contributed by atoms with Crippen LogP contribution < -0.4 is 5.73 Å². The van der Waals surface area contributed by atoms with Crippen LogP contribution >= 0.6 is 0 Å². The first-order valence-corrected chi connectivity index (χ1v) is 7.87. The van der Waals surface area contributed by atoms with E-state index in [1.54, 1.807) is 0 Å². The van der Waals surface area contributed by atoms with Crippen LogP contribution in [0.1, 0.15) is 32.1 Å². The van der Waals surface area contributed by atoms with E-state index in [4.69, 9.17) is 15.7 Å². The van der Waals surface area contributed by atoms with Crippen LogP contribution in [0, 0.1) is 11.3 Å². The Morgan fingerprint density at radius 1 is 1.33 bits per heavy atom. The van der Waals surface area contributed by atoms with Crippen molar-refractivity contribution in [1.82, 2.24) is 9.80 Å². The van der Waals surface area contributed by atoms with Crippen LogP contribution in [-0.4, -0.2) is 67.2 Å². The summed E-state index contributed by atoms with van der Waals surface area (Å²) in [7, 11) is 0. The maximum absolute atomic E-state index is 12.4. The second-order valence-corrected chi connectivity index (χ2v) is 6.14. The molecule has 1 saturated heterocycles. The van der Waals surface area contributed by atoms with Gasteiger partial charge in [0.25, 0.3) is 0 Å². The van der Waals surface area contributed by atoms with Crippen LogP contribution in [0.3, 0.4) is 0 Å². The Kier molecular flexibility index (Phi) is 5.97. The standard InChI is InChI=1S/C15H26N4O2/c16-5-2-6-19(8-7-18-9-11-21-12-10-18)14(20)13-15(17)3-1-4-15/h1-4,6-13,17H2. The molecule has 2 rings (SSSR count). The molecule has 6 heteroatoms. The molecule has 2 aliphatic rings. The predicted octanol–water partition coefficient (Wildman–Crippen LogP) is 0.332. The fourth-order valence-electron chi connectivity index (χ4n) is 2.85. The lowest BCUT2D eigenvalue weighted by Gasteiger charge is -2.39. The highest BCUT2D eigenvalue weighted by molar-refractivity contribution is 5.77. The third-order valence-corrected chi connectivity index (χ3v) is 4.49. The number of rotatable bonds is 7. The summed E-state index contributed by atoms with van der Waals surface area (Å²) in [5.41, 5.74) is 5.88. The highest BCUT2D eigenvalue weighted by Gasteiger charge is 2.35. The molecule has 1 aliphatic carbocycles. The molecule has 2 fully saturated rings. The van der Waals surface area contributed by atoms with E-state index in [1.807, 2.05) is 4.90 Å². The van der Waals surface area contributed by atoms with Gasteiger partial charge in [-0.05, 0) is 19.3 Å². The van der Waals surface area contributed by atoms with E-state index in [0.717, 1.165) is 52.1 Å². The average molecular weight is 294 g/mol. The number of nitrogens with two attached hydrogens (primary N) is 1. The van der Waals surface area contributed by atoms with Crippen molar-refractivity contribution >= 4 is 5.91 Å². The van der Waals surface area contributed by atoms with Crippen molar-refractivity contribution in [1.29, 1.82) is 5.26 Å². The van der Waals surface area contributed by atoms with Crippen LogP contribution in [-0.2, 0) is 9.53 Å². The number of amides is 1. The van der Waals surface area contributed by atoms with Crippen molar-refractivity contribution in [2.24, 2.45) is 5.73 Å². The zero-order valence-corrected chi connectivity index (χ0v) is 12.7. The summed E-state index contributed by atoms with van der Waals surface area (Å²) in [6, 6.07) is 2.12. The molecule has 21 heavy (non-hydrogen) atoms. The third-order valence-electron chi connectivity index (χ3n) is 4.49. The molecule has 0 atom stereocenters. The molecule has 0 spiro atoms. The van der Waals surface area contributed by atoms with Gasteiger partial charge in [0.2, 0.25) is 5.91 Å². The normalized spacial score (nSPS) is 21.3. The molecule has 118 valence electrons. The second kappa shape index (κ2) is 7.74. The van der Waals surface area contributed by atoms with E-state index < -0.39 is 0 Å². The topological polar surface area (TPSA) is 82.6 Å². The summed E-state index contributed by atoms with van der Waals surface area (Å²) >= 11 is 0. The SMILES string of the molecule is N#CCCN(CCN1CCOCC1)C(=O)CC1(N)CCC1. The molecule has 6 nitrogen and oxygen atoms in total. The van der Waals surface area contributed by atoms with Gasteiger partial charge in [-0.3, -0.25) is 9.69 Å². The van der Waals surface area contributed by atoms with Crippen LogP contribution in [0.4, 0.5) is 0 Å². The summed E-state index contributed by atoms with van der Waals surface area (Å²) in [6.45, 7) is 5.39. The molecule has 1 saturated carbocycles. The molecule has 0 aromatic rings. The van der Waals surface area contributed by atoms with Gasteiger partial charge in [-0.1, -0.05) is 0 Å². The lowest BCUT2D eigenvalue weighted by atomic mass is 9.75. The number of morpholine rings is 1. The molecular weight excluding hydrogens is 268 g/mol. The van der Waals surface area contributed by atoms with Gasteiger partial charge in [0.1, 0.15) is 0 Å². The van der Waals surface area contributed by atoms with Gasteiger partial charge in [-0.15, -0.1) is 0 Å². The van der Waals surface area contributed by atoms with Crippen LogP contribution in [0.5, 0.6) is 0 Å². The lowest BCUT2D eigenvalue weighted by molar-refractivity contribution is -0.133. The summed E-state index contributed by atoms with van der Waals surface area (Å²) < 4.78 is 5.33. The van der Waals surface area contributed by atoms with Crippen molar-refractivity contribution in [3.8, 4) is 6.07 Å². The highest BCUT2D eigenvalue weighted by Crippen LogP contribution is 2.32. The quantitative estimate of drug-likeness (QED) is 0.732. The van der Waals surface area contributed by atoms with Gasteiger partial charge >= 0.3 is 0 Å². The first-order valence-electron chi connectivity index (χ1n) is 7.87. The van der Waals surface area contributed by atoms with E-state index >= 15 is 0 Å². The number of hydrogen-bond donors (Lipinski definition) is 1. The fourth-order valence-corrected chi connectivity index (χ4v) is 2.85. The van der Waals surface area contributed by atoms with E-state index in [1.165, 1.54) is 0 Å².